The summed E-state index contributed by atoms with van der Waals surface area (Å²) in [7, 11) is 0. The molecule has 2 nitrogen and oxygen atoms in total. The molecule has 0 spiro atoms. The number of hydrogen-bond acceptors (Lipinski definition) is 2. The van der Waals surface area contributed by atoms with Gasteiger partial charge in [-0.25, -0.2) is 0 Å². The van der Waals surface area contributed by atoms with E-state index >= 15 is 0 Å². The molecule has 2 heterocycles. The third kappa shape index (κ3) is 6.33. The summed E-state index contributed by atoms with van der Waals surface area (Å²) in [5, 5.41) is 4.99. The molecule has 0 N–H and O–H groups in total. The van der Waals surface area contributed by atoms with Gasteiger partial charge in [-0.3, -0.25) is 0 Å². The van der Waals surface area contributed by atoms with Gasteiger partial charge in [-0.15, -0.1) is 11.3 Å². The van der Waals surface area contributed by atoms with Crippen molar-refractivity contribution >= 4 is 70.4 Å². The van der Waals surface area contributed by atoms with E-state index < -0.39 is 0 Å². The van der Waals surface area contributed by atoms with E-state index in [1.54, 1.807) is 0 Å². The number of nitrogens with zero attached hydrogens (tertiary/aromatic N) is 2. The quantitative estimate of drug-likeness (QED) is 0.148. The van der Waals surface area contributed by atoms with E-state index in [1.807, 2.05) is 11.3 Å². The molecule has 0 bridgehead atoms. The number of hydrogen-bond donors (Lipinski definition) is 0. The third-order valence-corrected chi connectivity index (χ3v) is 13.6. The fourth-order valence-corrected chi connectivity index (χ4v) is 10.8. The minimum Gasteiger partial charge on any atom is -0.309 e. The molecule has 0 fully saturated rings. The van der Waals surface area contributed by atoms with E-state index in [1.165, 1.54) is 69.8 Å². The van der Waals surface area contributed by atoms with Crippen molar-refractivity contribution in [3.8, 4) is 50.2 Å². The van der Waals surface area contributed by atoms with Crippen LogP contribution in [-0.4, -0.2) is 4.57 Å². The van der Waals surface area contributed by atoms with E-state index in [0.717, 1.165) is 39.4 Å². The lowest BCUT2D eigenvalue weighted by molar-refractivity contribution is 1.18. The maximum Gasteiger partial charge on any atom is 0.0562 e. The first-order valence-corrected chi connectivity index (χ1v) is 22.3. The second-order valence-corrected chi connectivity index (χ2v) is 17.1. The number of rotatable bonds is 8. The van der Waals surface area contributed by atoms with Crippen molar-refractivity contribution in [2.45, 2.75) is 0 Å². The van der Waals surface area contributed by atoms with Crippen LogP contribution in [0.3, 0.4) is 0 Å². The molecule has 12 rings (SSSR count). The molecule has 0 saturated carbocycles. The van der Waals surface area contributed by atoms with Crippen LogP contribution in [0.2, 0.25) is 0 Å². The SMILES string of the molecule is c1ccc(-c2ccc(-c3ccc(N(c4ccccc4-c4cccc5c4sc4ccccc45)c4cccc5c4c4ccccc4n5-c4ccccc4)c(-c4ccccc4)c3)cc2)cc1. The molecule has 10 aromatic carbocycles. The number of para-hydroxylation sites is 3. The molecule has 0 atom stereocenters. The van der Waals surface area contributed by atoms with E-state index in [2.05, 4.69) is 252 Å². The highest BCUT2D eigenvalue weighted by atomic mass is 32.1. The van der Waals surface area contributed by atoms with Crippen LogP contribution >= 0.6 is 11.3 Å². The second kappa shape index (κ2) is 15.5. The third-order valence-electron chi connectivity index (χ3n) is 12.4. The van der Waals surface area contributed by atoms with Gasteiger partial charge >= 0.3 is 0 Å². The summed E-state index contributed by atoms with van der Waals surface area (Å²) in [6, 6.07) is 88.5. The van der Waals surface area contributed by atoms with E-state index in [9.17, 15) is 0 Å². The van der Waals surface area contributed by atoms with Gasteiger partial charge in [0.05, 0.1) is 28.1 Å². The standard InChI is InChI=1S/C60H40N2S/c1-4-18-41(19-5-1)42-34-36-43(37-35-42)45-38-39-55(52(40-45)44-20-6-2-7-21-44)62(53-29-13-10-24-47(53)49-27-16-28-50-48-25-12-15-33-58(48)63-60(49)50)57-32-17-31-56-59(57)51-26-11-14-30-54(51)61(56)46-22-8-3-9-23-46/h1-40H. The monoisotopic (exact) mass is 820 g/mol. The Morgan fingerprint density at radius 2 is 0.841 bits per heavy atom. The lowest BCUT2D eigenvalue weighted by atomic mass is 9.94. The van der Waals surface area contributed by atoms with E-state index in [-0.39, 0.29) is 0 Å². The zero-order chi connectivity index (χ0) is 41.7. The van der Waals surface area contributed by atoms with Crippen molar-refractivity contribution in [2.75, 3.05) is 4.90 Å². The fourth-order valence-electron chi connectivity index (χ4n) is 9.53. The Labute approximate surface area is 370 Å². The van der Waals surface area contributed by atoms with Gasteiger partial charge in [-0.05, 0) is 82.4 Å². The van der Waals surface area contributed by atoms with Gasteiger partial charge in [0.15, 0.2) is 0 Å². The first kappa shape index (κ1) is 36.8. The Hall–Kier alpha value is -7.98. The van der Waals surface area contributed by atoms with Gasteiger partial charge in [0, 0.05) is 53.3 Å². The molecule has 0 unspecified atom stereocenters. The Balaban J connectivity index is 1.15. The van der Waals surface area contributed by atoms with Crippen molar-refractivity contribution in [2.24, 2.45) is 0 Å². The Morgan fingerprint density at radius 1 is 0.317 bits per heavy atom. The van der Waals surface area contributed by atoms with Gasteiger partial charge < -0.3 is 9.47 Å². The Morgan fingerprint density at radius 3 is 1.63 bits per heavy atom. The van der Waals surface area contributed by atoms with E-state index in [4.69, 9.17) is 0 Å². The topological polar surface area (TPSA) is 8.17 Å². The van der Waals surface area contributed by atoms with Gasteiger partial charge in [0.25, 0.3) is 0 Å². The van der Waals surface area contributed by atoms with Crippen molar-refractivity contribution in [1.82, 2.24) is 4.57 Å². The summed E-state index contributed by atoms with van der Waals surface area (Å²) >= 11 is 1.88. The first-order chi connectivity index (χ1) is 31.3. The molecule has 0 aliphatic rings. The maximum atomic E-state index is 2.54. The van der Waals surface area contributed by atoms with Crippen molar-refractivity contribution in [3.63, 3.8) is 0 Å². The predicted octanol–water partition coefficient (Wildman–Crippen LogP) is 17.3. The van der Waals surface area contributed by atoms with Crippen LogP contribution in [0.4, 0.5) is 17.1 Å². The highest BCUT2D eigenvalue weighted by Gasteiger charge is 2.26. The van der Waals surface area contributed by atoms with Crippen molar-refractivity contribution in [3.05, 3.63) is 243 Å². The largest absolute Gasteiger partial charge is 0.309 e. The summed E-state index contributed by atoms with van der Waals surface area (Å²) in [5.74, 6) is 0. The molecule has 0 amide bonds. The van der Waals surface area contributed by atoms with Gasteiger partial charge in [-0.1, -0.05) is 188 Å². The van der Waals surface area contributed by atoms with Crippen LogP contribution in [0.15, 0.2) is 243 Å². The maximum absolute atomic E-state index is 2.54. The van der Waals surface area contributed by atoms with Gasteiger partial charge in [0.2, 0.25) is 0 Å². The number of anilines is 3. The summed E-state index contributed by atoms with van der Waals surface area (Å²) < 4.78 is 5.00. The van der Waals surface area contributed by atoms with Crippen LogP contribution in [0.25, 0.3) is 92.2 Å². The number of fused-ring (bicyclic) bond motifs is 6. The molecule has 12 aromatic rings. The highest BCUT2D eigenvalue weighted by molar-refractivity contribution is 7.26. The van der Waals surface area contributed by atoms with Gasteiger partial charge in [0.1, 0.15) is 0 Å². The van der Waals surface area contributed by atoms with Crippen molar-refractivity contribution in [1.29, 1.82) is 0 Å². The molecule has 2 aromatic heterocycles. The molecule has 0 radical (unpaired) electrons. The molecule has 0 saturated heterocycles. The molecular formula is C60H40N2S. The summed E-state index contributed by atoms with van der Waals surface area (Å²) in [6.45, 7) is 0. The highest BCUT2D eigenvalue weighted by Crippen LogP contribution is 2.51. The average molecular weight is 821 g/mol. The minimum atomic E-state index is 1.10. The smallest absolute Gasteiger partial charge is 0.0562 e. The predicted molar refractivity (Wildman–Crippen MR) is 270 cm³/mol. The fraction of sp³-hybridized carbons (Fsp3) is 0. The zero-order valence-corrected chi connectivity index (χ0v) is 35.2. The molecule has 296 valence electrons. The minimum absolute atomic E-state index is 1.10. The molecule has 0 aliphatic carbocycles. The first-order valence-electron chi connectivity index (χ1n) is 21.5. The van der Waals surface area contributed by atoms with Crippen LogP contribution in [0, 0.1) is 0 Å². The lowest BCUT2D eigenvalue weighted by Crippen LogP contribution is -2.13. The zero-order valence-electron chi connectivity index (χ0n) is 34.4. The summed E-state index contributed by atoms with van der Waals surface area (Å²) in [6.07, 6.45) is 0. The van der Waals surface area contributed by atoms with E-state index in [0.29, 0.717) is 0 Å². The lowest BCUT2D eigenvalue weighted by Gasteiger charge is -2.31. The number of thiophene rings is 1. The van der Waals surface area contributed by atoms with Crippen LogP contribution in [0.1, 0.15) is 0 Å². The normalized spacial score (nSPS) is 11.5. The number of aromatic nitrogens is 1. The molecule has 3 heteroatoms. The van der Waals surface area contributed by atoms with Gasteiger partial charge in [-0.2, -0.15) is 0 Å². The molecule has 63 heavy (non-hydrogen) atoms. The number of benzene rings is 10. The van der Waals surface area contributed by atoms with Crippen LogP contribution in [0.5, 0.6) is 0 Å². The summed E-state index contributed by atoms with van der Waals surface area (Å²) in [4.78, 5) is 2.54. The molecule has 0 aliphatic heterocycles. The second-order valence-electron chi connectivity index (χ2n) is 16.0. The molecular weight excluding hydrogens is 781 g/mol. The Bertz CT molecular complexity index is 3600. The Kier molecular flexibility index (Phi) is 9.06. The van der Waals surface area contributed by atoms with Crippen molar-refractivity contribution < 1.29 is 0 Å². The summed E-state index contributed by atoms with van der Waals surface area (Å²) in [5.41, 5.74) is 16.3. The average Bonchev–Trinajstić information content (AvgIpc) is 3.92. The van der Waals surface area contributed by atoms with Crippen LogP contribution in [-0.2, 0) is 0 Å². The van der Waals surface area contributed by atoms with Crippen LogP contribution < -0.4 is 4.90 Å².